The highest BCUT2D eigenvalue weighted by atomic mass is 79.9. The number of nitrogen functional groups attached to an aromatic ring is 1. The van der Waals surface area contributed by atoms with Gasteiger partial charge in [0.05, 0.1) is 7.11 Å². The number of anilines is 2. The number of ether oxygens (including phenoxy) is 1. The van der Waals surface area contributed by atoms with Crippen LogP contribution in [-0.4, -0.2) is 14.2 Å². The van der Waals surface area contributed by atoms with E-state index in [-0.39, 0.29) is 0 Å². The van der Waals surface area contributed by atoms with E-state index in [2.05, 4.69) is 26.9 Å². The molecule has 0 aromatic heterocycles. The Kier molecular flexibility index (Phi) is 4.32. The Morgan fingerprint density at radius 1 is 1.21 bits per heavy atom. The van der Waals surface area contributed by atoms with Crippen molar-refractivity contribution < 1.29 is 4.74 Å². The average Bonchev–Trinajstić information content (AvgIpc) is 2.39. The second kappa shape index (κ2) is 5.97. The zero-order chi connectivity index (χ0) is 13.8. The Labute approximate surface area is 122 Å². The van der Waals surface area contributed by atoms with Gasteiger partial charge >= 0.3 is 0 Å². The molecule has 2 aromatic carbocycles. The van der Waals surface area contributed by atoms with Gasteiger partial charge in [0.1, 0.15) is 5.75 Å². The summed E-state index contributed by atoms with van der Waals surface area (Å²) >= 11 is 3.49. The first-order valence-electron chi connectivity index (χ1n) is 5.99. The van der Waals surface area contributed by atoms with Crippen molar-refractivity contribution >= 4 is 27.3 Å². The number of rotatable bonds is 4. The van der Waals surface area contributed by atoms with Gasteiger partial charge in [-0.15, -0.1) is 0 Å². The number of nitrogens with zero attached hydrogens (tertiary/aromatic N) is 1. The summed E-state index contributed by atoms with van der Waals surface area (Å²) in [6.45, 7) is 0.756. The predicted molar refractivity (Wildman–Crippen MR) is 83.7 cm³/mol. The number of methoxy groups -OCH3 is 1. The molecule has 0 atom stereocenters. The zero-order valence-electron chi connectivity index (χ0n) is 11.1. The van der Waals surface area contributed by atoms with E-state index in [0.717, 1.165) is 33.7 Å². The lowest BCUT2D eigenvalue weighted by molar-refractivity contribution is 0.409. The Bertz CT molecular complexity index is 572. The van der Waals surface area contributed by atoms with Crippen molar-refractivity contribution in [1.82, 2.24) is 0 Å². The highest BCUT2D eigenvalue weighted by molar-refractivity contribution is 9.10. The highest BCUT2D eigenvalue weighted by Gasteiger charge is 2.08. The van der Waals surface area contributed by atoms with Gasteiger partial charge < -0.3 is 15.4 Å². The number of hydrogen-bond donors (Lipinski definition) is 1. The van der Waals surface area contributed by atoms with Crippen molar-refractivity contribution in [2.75, 3.05) is 24.8 Å². The van der Waals surface area contributed by atoms with Crippen molar-refractivity contribution in [2.45, 2.75) is 6.54 Å². The second-order valence-corrected chi connectivity index (χ2v) is 5.32. The molecule has 0 unspecified atom stereocenters. The lowest BCUT2D eigenvalue weighted by Gasteiger charge is -2.21. The summed E-state index contributed by atoms with van der Waals surface area (Å²) in [7, 11) is 3.72. The average molecular weight is 321 g/mol. The summed E-state index contributed by atoms with van der Waals surface area (Å²) in [5.74, 6) is 0.888. The van der Waals surface area contributed by atoms with Crippen LogP contribution in [0.25, 0.3) is 0 Å². The van der Waals surface area contributed by atoms with Crippen LogP contribution in [0.2, 0.25) is 0 Å². The van der Waals surface area contributed by atoms with E-state index in [1.54, 1.807) is 7.11 Å². The molecule has 0 bridgehead atoms. The van der Waals surface area contributed by atoms with E-state index in [1.807, 2.05) is 43.4 Å². The normalized spacial score (nSPS) is 10.3. The molecule has 100 valence electrons. The Morgan fingerprint density at radius 2 is 2.00 bits per heavy atom. The molecule has 0 saturated carbocycles. The van der Waals surface area contributed by atoms with Gasteiger partial charge in [0.25, 0.3) is 0 Å². The minimum atomic E-state index is 0.756. The van der Waals surface area contributed by atoms with Crippen LogP contribution < -0.4 is 15.4 Å². The molecular formula is C15H17BrN2O. The molecule has 4 heteroatoms. The third kappa shape index (κ3) is 3.41. The summed E-state index contributed by atoms with van der Waals surface area (Å²) in [6.07, 6.45) is 0. The zero-order valence-corrected chi connectivity index (χ0v) is 12.6. The topological polar surface area (TPSA) is 38.5 Å². The molecule has 0 heterocycles. The maximum atomic E-state index is 5.81. The van der Waals surface area contributed by atoms with Gasteiger partial charge in [0.2, 0.25) is 0 Å². The fourth-order valence-electron chi connectivity index (χ4n) is 1.98. The molecule has 0 aliphatic carbocycles. The van der Waals surface area contributed by atoms with Crippen LogP contribution in [0.5, 0.6) is 5.75 Å². The fraction of sp³-hybridized carbons (Fsp3) is 0.200. The van der Waals surface area contributed by atoms with Crippen LogP contribution in [-0.2, 0) is 6.54 Å². The lowest BCUT2D eigenvalue weighted by atomic mass is 10.1. The van der Waals surface area contributed by atoms with Crippen LogP contribution in [0, 0.1) is 0 Å². The maximum absolute atomic E-state index is 5.81. The summed E-state index contributed by atoms with van der Waals surface area (Å²) in [5, 5.41) is 0. The molecule has 2 rings (SSSR count). The van der Waals surface area contributed by atoms with E-state index in [1.165, 1.54) is 0 Å². The SMILES string of the molecule is COc1ccc(Br)cc1CN(C)c1cccc(N)c1. The van der Waals surface area contributed by atoms with Gasteiger partial charge in [-0.1, -0.05) is 22.0 Å². The minimum absolute atomic E-state index is 0.756. The standard InChI is InChI=1S/C15H17BrN2O/c1-18(14-5-3-4-13(17)9-14)10-11-8-12(16)6-7-15(11)19-2/h3-9H,10,17H2,1-2H3. The van der Waals surface area contributed by atoms with E-state index in [4.69, 9.17) is 10.5 Å². The number of nitrogens with two attached hydrogens (primary N) is 1. The van der Waals surface area contributed by atoms with Gasteiger partial charge in [0, 0.05) is 35.0 Å². The quantitative estimate of drug-likeness (QED) is 0.873. The molecule has 0 aliphatic rings. The Hall–Kier alpha value is -1.68. The van der Waals surface area contributed by atoms with E-state index in [9.17, 15) is 0 Å². The molecule has 2 N–H and O–H groups in total. The molecule has 0 saturated heterocycles. The van der Waals surface area contributed by atoms with Gasteiger partial charge in [0.15, 0.2) is 0 Å². The number of benzene rings is 2. The summed E-state index contributed by atoms with van der Waals surface area (Å²) < 4.78 is 6.43. The van der Waals surface area contributed by atoms with E-state index < -0.39 is 0 Å². The van der Waals surface area contributed by atoms with Gasteiger partial charge in [-0.3, -0.25) is 0 Å². The smallest absolute Gasteiger partial charge is 0.123 e. The van der Waals surface area contributed by atoms with Crippen LogP contribution in [0.3, 0.4) is 0 Å². The third-order valence-electron chi connectivity index (χ3n) is 2.96. The van der Waals surface area contributed by atoms with Crippen molar-refractivity contribution in [1.29, 1.82) is 0 Å². The first-order valence-corrected chi connectivity index (χ1v) is 6.78. The van der Waals surface area contributed by atoms with Gasteiger partial charge in [-0.2, -0.15) is 0 Å². The molecule has 0 aliphatic heterocycles. The molecule has 0 radical (unpaired) electrons. The van der Waals surface area contributed by atoms with Gasteiger partial charge in [-0.25, -0.2) is 0 Å². The lowest BCUT2D eigenvalue weighted by Crippen LogP contribution is -2.17. The minimum Gasteiger partial charge on any atom is -0.496 e. The molecule has 0 fully saturated rings. The molecule has 19 heavy (non-hydrogen) atoms. The molecule has 2 aromatic rings. The van der Waals surface area contributed by atoms with Crippen molar-refractivity contribution in [2.24, 2.45) is 0 Å². The second-order valence-electron chi connectivity index (χ2n) is 4.41. The third-order valence-corrected chi connectivity index (χ3v) is 3.45. The Balaban J connectivity index is 2.23. The first-order chi connectivity index (χ1) is 9.10. The van der Waals surface area contributed by atoms with Crippen molar-refractivity contribution in [3.8, 4) is 5.75 Å². The van der Waals surface area contributed by atoms with Gasteiger partial charge in [-0.05, 0) is 36.4 Å². The highest BCUT2D eigenvalue weighted by Crippen LogP contribution is 2.26. The van der Waals surface area contributed by atoms with Crippen LogP contribution >= 0.6 is 15.9 Å². The van der Waals surface area contributed by atoms with Crippen molar-refractivity contribution in [3.05, 3.63) is 52.5 Å². The van der Waals surface area contributed by atoms with Crippen LogP contribution in [0.1, 0.15) is 5.56 Å². The van der Waals surface area contributed by atoms with E-state index in [0.29, 0.717) is 0 Å². The Morgan fingerprint density at radius 3 is 2.68 bits per heavy atom. The van der Waals surface area contributed by atoms with Crippen LogP contribution in [0.4, 0.5) is 11.4 Å². The summed E-state index contributed by atoms with van der Waals surface area (Å²) in [4.78, 5) is 2.14. The fourth-order valence-corrected chi connectivity index (χ4v) is 2.39. The van der Waals surface area contributed by atoms with E-state index >= 15 is 0 Å². The molecule has 0 spiro atoms. The summed E-state index contributed by atoms with van der Waals surface area (Å²) in [6, 6.07) is 13.9. The predicted octanol–water partition coefficient (Wildman–Crippen LogP) is 3.68. The molecule has 3 nitrogen and oxygen atoms in total. The van der Waals surface area contributed by atoms with Crippen LogP contribution in [0.15, 0.2) is 46.9 Å². The monoisotopic (exact) mass is 320 g/mol. The molecule has 0 amide bonds. The summed E-state index contributed by atoms with van der Waals surface area (Å²) in [5.41, 5.74) is 8.79. The first kappa shape index (κ1) is 13.7. The number of halogens is 1. The molecular weight excluding hydrogens is 304 g/mol. The largest absolute Gasteiger partial charge is 0.496 e. The number of hydrogen-bond acceptors (Lipinski definition) is 3. The maximum Gasteiger partial charge on any atom is 0.123 e. The van der Waals surface area contributed by atoms with Crippen molar-refractivity contribution in [3.63, 3.8) is 0 Å².